The predicted octanol–water partition coefficient (Wildman–Crippen LogP) is 3.32. The molecule has 0 amide bonds. The number of thioether (sulfide) groups is 1. The molecular formula is C12H14N2S2. The largest absolute Gasteiger partial charge is 0.327 e. The lowest BCUT2D eigenvalue weighted by atomic mass is 10.1. The average molecular weight is 250 g/mol. The molecule has 4 heteroatoms. The van der Waals surface area contributed by atoms with Gasteiger partial charge in [0.2, 0.25) is 0 Å². The van der Waals surface area contributed by atoms with Gasteiger partial charge < -0.3 is 5.73 Å². The van der Waals surface area contributed by atoms with E-state index in [0.717, 1.165) is 5.03 Å². The molecule has 2 heterocycles. The van der Waals surface area contributed by atoms with Gasteiger partial charge in [0.15, 0.2) is 0 Å². The van der Waals surface area contributed by atoms with Crippen LogP contribution in [0.1, 0.15) is 17.7 Å². The Labute approximate surface area is 104 Å². The molecule has 84 valence electrons. The highest BCUT2D eigenvalue weighted by molar-refractivity contribution is 7.99. The number of rotatable bonds is 4. The van der Waals surface area contributed by atoms with Gasteiger partial charge in [-0.15, -0.1) is 0 Å². The van der Waals surface area contributed by atoms with Crippen LogP contribution in [0.3, 0.4) is 0 Å². The molecule has 0 aliphatic heterocycles. The second kappa shape index (κ2) is 5.48. The van der Waals surface area contributed by atoms with Gasteiger partial charge in [-0.05, 0) is 41.4 Å². The molecule has 2 nitrogen and oxygen atoms in total. The van der Waals surface area contributed by atoms with E-state index in [-0.39, 0.29) is 11.3 Å². The minimum atomic E-state index is 0.113. The number of hydrogen-bond acceptors (Lipinski definition) is 4. The van der Waals surface area contributed by atoms with Crippen molar-refractivity contribution in [2.45, 2.75) is 23.2 Å². The molecule has 2 aromatic heterocycles. The first kappa shape index (κ1) is 11.6. The number of thiophene rings is 1. The van der Waals surface area contributed by atoms with E-state index in [0.29, 0.717) is 0 Å². The molecule has 0 aromatic carbocycles. The minimum absolute atomic E-state index is 0.113. The van der Waals surface area contributed by atoms with Gasteiger partial charge in [-0.2, -0.15) is 11.3 Å². The molecule has 0 bridgehead atoms. The van der Waals surface area contributed by atoms with Gasteiger partial charge in [-0.3, -0.25) is 0 Å². The van der Waals surface area contributed by atoms with Crippen LogP contribution < -0.4 is 5.73 Å². The molecule has 16 heavy (non-hydrogen) atoms. The van der Waals surface area contributed by atoms with Gasteiger partial charge in [0.05, 0.1) is 10.3 Å². The van der Waals surface area contributed by atoms with Crippen LogP contribution in [0.25, 0.3) is 0 Å². The first-order valence-corrected chi connectivity index (χ1v) is 6.95. The fourth-order valence-corrected chi connectivity index (χ4v) is 3.28. The van der Waals surface area contributed by atoms with Crippen LogP contribution in [0, 0.1) is 0 Å². The highest BCUT2D eigenvalue weighted by Crippen LogP contribution is 2.36. The van der Waals surface area contributed by atoms with Gasteiger partial charge >= 0.3 is 0 Å². The molecule has 2 N–H and O–H groups in total. The summed E-state index contributed by atoms with van der Waals surface area (Å²) in [5.74, 6) is 0. The minimum Gasteiger partial charge on any atom is -0.327 e. The molecule has 2 aromatic rings. The van der Waals surface area contributed by atoms with Crippen LogP contribution >= 0.6 is 23.1 Å². The lowest BCUT2D eigenvalue weighted by molar-refractivity contribution is 0.722. The molecule has 2 atom stereocenters. The summed E-state index contributed by atoms with van der Waals surface area (Å²) in [5.41, 5.74) is 7.32. The number of nitrogens with zero attached hydrogens (tertiary/aromatic N) is 1. The monoisotopic (exact) mass is 250 g/mol. The molecule has 0 spiro atoms. The maximum atomic E-state index is 6.03. The van der Waals surface area contributed by atoms with Crippen molar-refractivity contribution < 1.29 is 0 Å². The zero-order valence-electron chi connectivity index (χ0n) is 9.04. The molecule has 0 radical (unpaired) electrons. The second-order valence-corrected chi connectivity index (χ2v) is 5.56. The Morgan fingerprint density at radius 1 is 1.38 bits per heavy atom. The molecule has 2 rings (SSSR count). The standard InChI is InChI=1S/C12H14N2S2/c1-9(13)12(10-5-7-15-8-10)16-11-4-2-3-6-14-11/h2-9,12H,13H2,1H3. The molecule has 0 saturated heterocycles. The summed E-state index contributed by atoms with van der Waals surface area (Å²) < 4.78 is 0. The summed E-state index contributed by atoms with van der Waals surface area (Å²) in [6.45, 7) is 2.04. The molecule has 2 unspecified atom stereocenters. The van der Waals surface area contributed by atoms with Crippen LogP contribution in [0.15, 0.2) is 46.2 Å². The molecule has 0 aliphatic carbocycles. The Morgan fingerprint density at radius 2 is 2.25 bits per heavy atom. The van der Waals surface area contributed by atoms with E-state index in [1.807, 2.05) is 31.3 Å². The molecular weight excluding hydrogens is 236 g/mol. The zero-order valence-corrected chi connectivity index (χ0v) is 10.7. The van der Waals surface area contributed by atoms with Crippen molar-refractivity contribution in [3.8, 4) is 0 Å². The number of pyridine rings is 1. The van der Waals surface area contributed by atoms with Crippen molar-refractivity contribution in [1.82, 2.24) is 4.98 Å². The van der Waals surface area contributed by atoms with Crippen molar-refractivity contribution in [1.29, 1.82) is 0 Å². The Bertz CT molecular complexity index is 412. The Balaban J connectivity index is 2.16. The van der Waals surface area contributed by atoms with E-state index < -0.39 is 0 Å². The van der Waals surface area contributed by atoms with Crippen LogP contribution in [-0.2, 0) is 0 Å². The van der Waals surface area contributed by atoms with E-state index in [2.05, 4.69) is 21.8 Å². The lowest BCUT2D eigenvalue weighted by Gasteiger charge is -2.18. The van der Waals surface area contributed by atoms with Crippen molar-refractivity contribution in [3.63, 3.8) is 0 Å². The summed E-state index contributed by atoms with van der Waals surface area (Å²) in [6.07, 6.45) is 1.81. The highest BCUT2D eigenvalue weighted by atomic mass is 32.2. The van der Waals surface area contributed by atoms with Crippen LogP contribution in [0.5, 0.6) is 0 Å². The van der Waals surface area contributed by atoms with Crippen molar-refractivity contribution >= 4 is 23.1 Å². The SMILES string of the molecule is CC(N)C(Sc1ccccn1)c1ccsc1. The van der Waals surface area contributed by atoms with Crippen LogP contribution in [0.4, 0.5) is 0 Å². The lowest BCUT2D eigenvalue weighted by Crippen LogP contribution is -2.22. The summed E-state index contributed by atoms with van der Waals surface area (Å²) in [7, 11) is 0. The van der Waals surface area contributed by atoms with Gasteiger partial charge in [0.25, 0.3) is 0 Å². The summed E-state index contributed by atoms with van der Waals surface area (Å²) in [6, 6.07) is 8.19. The van der Waals surface area contributed by atoms with Crippen LogP contribution in [-0.4, -0.2) is 11.0 Å². The maximum Gasteiger partial charge on any atom is 0.0966 e. The first-order valence-electron chi connectivity index (χ1n) is 5.13. The van der Waals surface area contributed by atoms with Gasteiger partial charge in [-0.1, -0.05) is 17.8 Å². The van der Waals surface area contributed by atoms with Gasteiger partial charge in [0.1, 0.15) is 0 Å². The van der Waals surface area contributed by atoms with E-state index in [4.69, 9.17) is 5.73 Å². The van der Waals surface area contributed by atoms with Crippen molar-refractivity contribution in [2.75, 3.05) is 0 Å². The Kier molecular flexibility index (Phi) is 3.98. The average Bonchev–Trinajstić information content (AvgIpc) is 2.80. The quantitative estimate of drug-likeness (QED) is 0.846. The van der Waals surface area contributed by atoms with Crippen LogP contribution in [0.2, 0.25) is 0 Å². The topological polar surface area (TPSA) is 38.9 Å². The van der Waals surface area contributed by atoms with Gasteiger partial charge in [0, 0.05) is 12.2 Å². The van der Waals surface area contributed by atoms with Crippen molar-refractivity contribution in [3.05, 3.63) is 46.8 Å². The highest BCUT2D eigenvalue weighted by Gasteiger charge is 2.18. The normalized spacial score (nSPS) is 14.6. The van der Waals surface area contributed by atoms with E-state index in [9.17, 15) is 0 Å². The second-order valence-electron chi connectivity index (χ2n) is 3.62. The smallest absolute Gasteiger partial charge is 0.0966 e. The summed E-state index contributed by atoms with van der Waals surface area (Å²) in [5, 5.41) is 5.55. The fourth-order valence-electron chi connectivity index (χ4n) is 1.46. The Hall–Kier alpha value is -0.840. The fraction of sp³-hybridized carbons (Fsp3) is 0.250. The van der Waals surface area contributed by atoms with E-state index >= 15 is 0 Å². The Morgan fingerprint density at radius 3 is 2.81 bits per heavy atom. The summed E-state index contributed by atoms with van der Waals surface area (Å²) in [4.78, 5) is 4.32. The number of aromatic nitrogens is 1. The van der Waals surface area contributed by atoms with E-state index in [1.165, 1.54) is 5.56 Å². The molecule has 0 aliphatic rings. The third-order valence-corrected chi connectivity index (χ3v) is 4.37. The molecule has 0 saturated carbocycles. The third kappa shape index (κ3) is 2.84. The van der Waals surface area contributed by atoms with Crippen molar-refractivity contribution in [2.24, 2.45) is 5.73 Å². The third-order valence-electron chi connectivity index (χ3n) is 2.23. The molecule has 0 fully saturated rings. The number of hydrogen-bond donors (Lipinski definition) is 1. The first-order chi connectivity index (χ1) is 7.77. The predicted molar refractivity (Wildman–Crippen MR) is 70.8 cm³/mol. The summed E-state index contributed by atoms with van der Waals surface area (Å²) >= 11 is 3.43. The van der Waals surface area contributed by atoms with Gasteiger partial charge in [-0.25, -0.2) is 4.98 Å². The zero-order chi connectivity index (χ0) is 11.4. The maximum absolute atomic E-state index is 6.03. The van der Waals surface area contributed by atoms with E-state index in [1.54, 1.807) is 23.1 Å². The number of nitrogens with two attached hydrogens (primary N) is 1.